The summed E-state index contributed by atoms with van der Waals surface area (Å²) in [5, 5.41) is 10.3. The van der Waals surface area contributed by atoms with E-state index in [4.69, 9.17) is 0 Å². The number of likely N-dealkylation sites (tertiary alicyclic amines) is 1. The van der Waals surface area contributed by atoms with Crippen molar-refractivity contribution in [2.75, 3.05) is 26.2 Å². The second-order valence-electron chi connectivity index (χ2n) is 6.23. The smallest absolute Gasteiger partial charge is 0.272 e. The Balaban J connectivity index is 1.63. The van der Waals surface area contributed by atoms with Crippen LogP contribution in [0.2, 0.25) is 0 Å². The molecule has 1 fully saturated rings. The maximum atomic E-state index is 12.3. The van der Waals surface area contributed by atoms with Gasteiger partial charge in [0.05, 0.1) is 5.39 Å². The van der Waals surface area contributed by atoms with E-state index in [0.29, 0.717) is 17.3 Å². The predicted molar refractivity (Wildman–Crippen MR) is 89.5 cm³/mol. The molecule has 3 rings (SSSR count). The minimum absolute atomic E-state index is 0.247. The third-order valence-electron chi connectivity index (χ3n) is 4.50. The largest absolute Gasteiger partial charge is 0.349 e. The van der Waals surface area contributed by atoms with Gasteiger partial charge in [-0.3, -0.25) is 9.59 Å². The highest BCUT2D eigenvalue weighted by Gasteiger charge is 2.17. The van der Waals surface area contributed by atoms with Gasteiger partial charge in [0.15, 0.2) is 5.69 Å². The molecule has 1 aromatic carbocycles. The number of fused-ring (bicyclic) bond motifs is 1. The summed E-state index contributed by atoms with van der Waals surface area (Å²) in [4.78, 5) is 26.5. The fraction of sp³-hybridized carbons (Fsp3) is 0.471. The van der Waals surface area contributed by atoms with E-state index < -0.39 is 0 Å². The van der Waals surface area contributed by atoms with Crippen molar-refractivity contribution in [1.29, 1.82) is 0 Å². The fourth-order valence-electron chi connectivity index (χ4n) is 2.98. The highest BCUT2D eigenvalue weighted by atomic mass is 16.2. The van der Waals surface area contributed by atoms with Crippen molar-refractivity contribution in [2.45, 2.75) is 19.8 Å². The highest BCUT2D eigenvalue weighted by molar-refractivity contribution is 6.04. The molecular formula is C17H22N4O2. The molecular weight excluding hydrogens is 292 g/mol. The van der Waals surface area contributed by atoms with Gasteiger partial charge in [-0.05, 0) is 37.9 Å². The molecule has 0 radical (unpaired) electrons. The lowest BCUT2D eigenvalue weighted by molar-refractivity contribution is 0.0940. The molecule has 6 heteroatoms. The molecule has 2 heterocycles. The number of amides is 1. The second-order valence-corrected chi connectivity index (χ2v) is 6.23. The molecule has 6 nitrogen and oxygen atoms in total. The summed E-state index contributed by atoms with van der Waals surface area (Å²) < 4.78 is 0. The van der Waals surface area contributed by atoms with Gasteiger partial charge in [0.2, 0.25) is 0 Å². The number of rotatable bonds is 4. The van der Waals surface area contributed by atoms with Crippen LogP contribution in [0.1, 0.15) is 30.3 Å². The molecule has 0 unspecified atom stereocenters. The van der Waals surface area contributed by atoms with Gasteiger partial charge in [0.25, 0.3) is 11.5 Å². The molecule has 0 aliphatic carbocycles. The van der Waals surface area contributed by atoms with E-state index in [1.165, 1.54) is 12.8 Å². The first-order chi connectivity index (χ1) is 11.1. The van der Waals surface area contributed by atoms with Crippen LogP contribution < -0.4 is 10.9 Å². The summed E-state index contributed by atoms with van der Waals surface area (Å²) in [6.07, 6.45) is 2.44. The third kappa shape index (κ3) is 3.59. The number of piperidine rings is 1. The number of hydrogen-bond donors (Lipinski definition) is 2. The number of nitrogens with zero attached hydrogens (tertiary/aromatic N) is 2. The fourth-order valence-corrected chi connectivity index (χ4v) is 2.98. The number of carbonyl (C=O) groups excluding carboxylic acids is 1. The summed E-state index contributed by atoms with van der Waals surface area (Å²) in [5.74, 6) is 0.556. The van der Waals surface area contributed by atoms with Crippen LogP contribution in [0.15, 0.2) is 29.1 Å². The average molecular weight is 314 g/mol. The van der Waals surface area contributed by atoms with Gasteiger partial charge in [0.1, 0.15) is 0 Å². The molecule has 1 aliphatic heterocycles. The Morgan fingerprint density at radius 2 is 2.00 bits per heavy atom. The molecule has 2 N–H and O–H groups in total. The number of aromatic nitrogens is 2. The van der Waals surface area contributed by atoms with Crippen molar-refractivity contribution in [1.82, 2.24) is 20.4 Å². The number of H-pyrrole nitrogens is 1. The zero-order valence-corrected chi connectivity index (χ0v) is 13.3. The normalized spacial score (nSPS) is 16.6. The molecule has 122 valence electrons. The quantitative estimate of drug-likeness (QED) is 0.894. The first-order valence-electron chi connectivity index (χ1n) is 8.13. The third-order valence-corrected chi connectivity index (χ3v) is 4.50. The summed E-state index contributed by atoms with van der Waals surface area (Å²) >= 11 is 0. The Hall–Kier alpha value is -2.21. The van der Waals surface area contributed by atoms with E-state index in [9.17, 15) is 9.59 Å². The SMILES string of the molecule is CC1CCN(CCNC(=O)c2n[nH]c(=O)c3ccccc23)CC1. The standard InChI is InChI=1S/C17H22N4O2/c1-12-6-9-21(10-7-12)11-8-18-17(23)15-13-4-2-3-5-14(13)16(22)20-19-15/h2-5,12H,6-11H2,1H3,(H,18,23)(H,20,22). The first-order valence-corrected chi connectivity index (χ1v) is 8.13. The molecule has 1 aromatic heterocycles. The number of hydrogen-bond acceptors (Lipinski definition) is 4. The van der Waals surface area contributed by atoms with E-state index in [2.05, 4.69) is 27.3 Å². The van der Waals surface area contributed by atoms with Gasteiger partial charge in [-0.1, -0.05) is 25.1 Å². The molecule has 1 amide bonds. The lowest BCUT2D eigenvalue weighted by Gasteiger charge is -2.30. The van der Waals surface area contributed by atoms with Crippen molar-refractivity contribution in [3.8, 4) is 0 Å². The van der Waals surface area contributed by atoms with Crippen LogP contribution in [0.3, 0.4) is 0 Å². The van der Waals surface area contributed by atoms with Crippen LogP contribution in [-0.2, 0) is 0 Å². The molecule has 0 spiro atoms. The van der Waals surface area contributed by atoms with Crippen LogP contribution in [0.5, 0.6) is 0 Å². The summed E-state index contributed by atoms with van der Waals surface area (Å²) in [6, 6.07) is 7.02. The number of nitrogens with one attached hydrogen (secondary N) is 2. The van der Waals surface area contributed by atoms with Gasteiger partial charge in [-0.15, -0.1) is 0 Å². The van der Waals surface area contributed by atoms with Crippen molar-refractivity contribution in [3.63, 3.8) is 0 Å². The van der Waals surface area contributed by atoms with Crippen LogP contribution in [-0.4, -0.2) is 47.2 Å². The minimum Gasteiger partial charge on any atom is -0.349 e. The van der Waals surface area contributed by atoms with Crippen LogP contribution in [0.25, 0.3) is 10.8 Å². The van der Waals surface area contributed by atoms with Gasteiger partial charge in [-0.2, -0.15) is 5.10 Å². The zero-order valence-electron chi connectivity index (χ0n) is 13.3. The molecule has 0 atom stereocenters. The number of carbonyl (C=O) groups is 1. The van der Waals surface area contributed by atoms with E-state index >= 15 is 0 Å². The summed E-state index contributed by atoms with van der Waals surface area (Å²) in [7, 11) is 0. The van der Waals surface area contributed by atoms with Crippen molar-refractivity contribution >= 4 is 16.7 Å². The Kier molecular flexibility index (Phi) is 4.71. The van der Waals surface area contributed by atoms with Crippen LogP contribution in [0.4, 0.5) is 0 Å². The van der Waals surface area contributed by atoms with Crippen LogP contribution >= 0.6 is 0 Å². The molecule has 1 aliphatic rings. The molecule has 2 aromatic rings. The van der Waals surface area contributed by atoms with Gasteiger partial charge in [0, 0.05) is 18.5 Å². The van der Waals surface area contributed by atoms with Crippen molar-refractivity contribution in [2.24, 2.45) is 5.92 Å². The molecule has 1 saturated heterocycles. The summed E-state index contributed by atoms with van der Waals surface area (Å²) in [5.41, 5.74) is -0.00736. The monoisotopic (exact) mass is 314 g/mol. The Morgan fingerprint density at radius 3 is 2.74 bits per heavy atom. The molecule has 23 heavy (non-hydrogen) atoms. The maximum Gasteiger partial charge on any atom is 0.272 e. The van der Waals surface area contributed by atoms with E-state index in [0.717, 1.165) is 25.6 Å². The van der Waals surface area contributed by atoms with Gasteiger partial charge >= 0.3 is 0 Å². The van der Waals surface area contributed by atoms with Crippen LogP contribution in [0, 0.1) is 5.92 Å². The van der Waals surface area contributed by atoms with Gasteiger partial charge in [-0.25, -0.2) is 5.10 Å². The van der Waals surface area contributed by atoms with Crippen molar-refractivity contribution < 1.29 is 4.79 Å². The lowest BCUT2D eigenvalue weighted by atomic mass is 9.99. The Labute approximate surface area is 134 Å². The predicted octanol–water partition coefficient (Wildman–Crippen LogP) is 1.38. The topological polar surface area (TPSA) is 78.1 Å². The zero-order chi connectivity index (χ0) is 16.2. The Morgan fingerprint density at radius 1 is 1.30 bits per heavy atom. The second kappa shape index (κ2) is 6.91. The van der Waals surface area contributed by atoms with Crippen molar-refractivity contribution in [3.05, 3.63) is 40.3 Å². The lowest BCUT2D eigenvalue weighted by Crippen LogP contribution is -2.39. The van der Waals surface area contributed by atoms with E-state index in [1.807, 2.05) is 0 Å². The van der Waals surface area contributed by atoms with Gasteiger partial charge < -0.3 is 10.2 Å². The number of aromatic amines is 1. The van der Waals surface area contributed by atoms with E-state index in [-0.39, 0.29) is 17.2 Å². The molecule has 0 bridgehead atoms. The first kappa shape index (κ1) is 15.7. The minimum atomic E-state index is -0.278. The maximum absolute atomic E-state index is 12.3. The highest BCUT2D eigenvalue weighted by Crippen LogP contribution is 2.15. The van der Waals surface area contributed by atoms with E-state index in [1.54, 1.807) is 24.3 Å². The Bertz CT molecular complexity index is 748. The molecule has 0 saturated carbocycles. The number of benzene rings is 1. The summed E-state index contributed by atoms with van der Waals surface area (Å²) in [6.45, 7) is 5.90. The average Bonchev–Trinajstić information content (AvgIpc) is 2.57.